The summed E-state index contributed by atoms with van der Waals surface area (Å²) in [4.78, 5) is 0. The molecule has 1 atom stereocenters. The van der Waals surface area contributed by atoms with E-state index in [-0.39, 0.29) is 11.2 Å². The van der Waals surface area contributed by atoms with E-state index in [2.05, 4.69) is 19.2 Å². The quantitative estimate of drug-likeness (QED) is 0.662. The van der Waals surface area contributed by atoms with Gasteiger partial charge in [-0.3, -0.25) is 0 Å². The Morgan fingerprint density at radius 3 is 2.16 bits per heavy atom. The Kier molecular flexibility index (Phi) is 7.55. The molecule has 0 aliphatic heterocycles. The van der Waals surface area contributed by atoms with E-state index in [0.29, 0.717) is 13.0 Å². The van der Waals surface area contributed by atoms with Crippen molar-refractivity contribution >= 4 is 9.84 Å². The lowest BCUT2D eigenvalue weighted by molar-refractivity contribution is 0.190. The van der Waals surface area contributed by atoms with Gasteiger partial charge in [0.05, 0.1) is 17.1 Å². The maximum atomic E-state index is 12.2. The van der Waals surface area contributed by atoms with Crippen molar-refractivity contribution in [2.45, 2.75) is 52.2 Å². The summed E-state index contributed by atoms with van der Waals surface area (Å²) in [6.45, 7) is 11.9. The number of methoxy groups -OCH3 is 1. The Morgan fingerprint density at radius 2 is 1.74 bits per heavy atom. The summed E-state index contributed by atoms with van der Waals surface area (Å²) in [5, 5.41) is 3.33. The zero-order valence-electron chi connectivity index (χ0n) is 13.4. The van der Waals surface area contributed by atoms with E-state index in [4.69, 9.17) is 4.74 Å². The largest absolute Gasteiger partial charge is 0.383 e. The van der Waals surface area contributed by atoms with Gasteiger partial charge in [-0.25, -0.2) is 8.42 Å². The molecular formula is C14H31NO3S. The maximum absolute atomic E-state index is 12.2. The Bertz CT molecular complexity index is 346. The minimum atomic E-state index is -3.03. The molecule has 1 N–H and O–H groups in total. The minimum absolute atomic E-state index is 0.0199. The topological polar surface area (TPSA) is 55.4 Å². The van der Waals surface area contributed by atoms with Crippen molar-refractivity contribution in [3.05, 3.63) is 0 Å². The van der Waals surface area contributed by atoms with Crippen LogP contribution in [0.1, 0.15) is 47.5 Å². The highest BCUT2D eigenvalue weighted by Gasteiger charge is 2.32. The molecule has 0 aliphatic carbocycles. The standard InChI is InChI=1S/C14H31NO3S/c1-7-14(5,12-15-9-10-18-6)8-11-19(16,17)13(2,3)4/h15H,7-12H2,1-6H3. The van der Waals surface area contributed by atoms with Gasteiger partial charge in [0.1, 0.15) is 0 Å². The monoisotopic (exact) mass is 293 g/mol. The molecule has 19 heavy (non-hydrogen) atoms. The molecule has 0 aliphatic rings. The second-order valence-corrected chi connectivity index (χ2v) is 9.38. The molecule has 1 unspecified atom stereocenters. The minimum Gasteiger partial charge on any atom is -0.383 e. The van der Waals surface area contributed by atoms with Crippen molar-refractivity contribution in [2.24, 2.45) is 5.41 Å². The summed E-state index contributed by atoms with van der Waals surface area (Å²) in [7, 11) is -1.35. The van der Waals surface area contributed by atoms with Crippen molar-refractivity contribution in [3.63, 3.8) is 0 Å². The molecule has 4 nitrogen and oxygen atoms in total. The van der Waals surface area contributed by atoms with Crippen LogP contribution in [0.25, 0.3) is 0 Å². The van der Waals surface area contributed by atoms with Crippen LogP contribution in [0, 0.1) is 5.41 Å². The van der Waals surface area contributed by atoms with Gasteiger partial charge in [0.2, 0.25) is 0 Å². The highest BCUT2D eigenvalue weighted by molar-refractivity contribution is 7.92. The molecule has 5 heteroatoms. The van der Waals surface area contributed by atoms with Crippen LogP contribution in [-0.4, -0.2) is 45.7 Å². The molecule has 0 rings (SSSR count). The summed E-state index contributed by atoms with van der Waals surface area (Å²) in [6, 6.07) is 0. The van der Waals surface area contributed by atoms with Crippen LogP contribution in [0.2, 0.25) is 0 Å². The van der Waals surface area contributed by atoms with Crippen molar-refractivity contribution < 1.29 is 13.2 Å². The summed E-state index contributed by atoms with van der Waals surface area (Å²) < 4.78 is 28.6. The van der Waals surface area contributed by atoms with Crippen molar-refractivity contribution in [1.82, 2.24) is 5.32 Å². The zero-order valence-corrected chi connectivity index (χ0v) is 14.2. The van der Waals surface area contributed by atoms with Gasteiger partial charge in [-0.05, 0) is 39.0 Å². The molecule has 0 amide bonds. The SMILES string of the molecule is CCC(C)(CCS(=O)(=O)C(C)(C)C)CNCCOC. The molecule has 0 bridgehead atoms. The summed E-state index contributed by atoms with van der Waals surface area (Å²) in [5.41, 5.74) is 0.0199. The maximum Gasteiger partial charge on any atom is 0.155 e. The van der Waals surface area contributed by atoms with Gasteiger partial charge in [0, 0.05) is 20.2 Å². The van der Waals surface area contributed by atoms with Crippen LogP contribution in [0.4, 0.5) is 0 Å². The Hall–Kier alpha value is -0.130. The van der Waals surface area contributed by atoms with Gasteiger partial charge in [0.15, 0.2) is 9.84 Å². The van der Waals surface area contributed by atoms with Crippen molar-refractivity contribution in [1.29, 1.82) is 0 Å². The first-order valence-corrected chi connectivity index (χ1v) is 8.65. The van der Waals surface area contributed by atoms with Crippen LogP contribution in [0.3, 0.4) is 0 Å². The molecule has 0 heterocycles. The molecule has 0 aromatic carbocycles. The summed E-state index contributed by atoms with van der Waals surface area (Å²) >= 11 is 0. The van der Waals surface area contributed by atoms with Gasteiger partial charge in [0.25, 0.3) is 0 Å². The van der Waals surface area contributed by atoms with Gasteiger partial charge < -0.3 is 10.1 Å². The van der Waals surface area contributed by atoms with Gasteiger partial charge in [-0.15, -0.1) is 0 Å². The molecule has 116 valence electrons. The highest BCUT2D eigenvalue weighted by Crippen LogP contribution is 2.28. The van der Waals surface area contributed by atoms with E-state index in [1.807, 2.05) is 0 Å². The fourth-order valence-electron chi connectivity index (χ4n) is 1.64. The van der Waals surface area contributed by atoms with Gasteiger partial charge in [-0.2, -0.15) is 0 Å². The molecule has 0 aromatic heterocycles. The van der Waals surface area contributed by atoms with Crippen molar-refractivity contribution in [2.75, 3.05) is 32.6 Å². The molecule has 0 fully saturated rings. The fraction of sp³-hybridized carbons (Fsp3) is 1.00. The van der Waals surface area contributed by atoms with Gasteiger partial charge in [-0.1, -0.05) is 13.8 Å². The van der Waals surface area contributed by atoms with Crippen LogP contribution in [0.5, 0.6) is 0 Å². The molecule has 0 aromatic rings. The smallest absolute Gasteiger partial charge is 0.155 e. The number of rotatable bonds is 9. The van der Waals surface area contributed by atoms with E-state index in [1.54, 1.807) is 27.9 Å². The summed E-state index contributed by atoms with van der Waals surface area (Å²) in [5.74, 6) is 0.257. The second kappa shape index (κ2) is 7.60. The highest BCUT2D eigenvalue weighted by atomic mass is 32.2. The zero-order chi connectivity index (χ0) is 15.2. The van der Waals surface area contributed by atoms with E-state index in [1.165, 1.54) is 0 Å². The third kappa shape index (κ3) is 6.72. The van der Waals surface area contributed by atoms with Crippen LogP contribution in [0.15, 0.2) is 0 Å². The molecule has 0 spiro atoms. The van der Waals surface area contributed by atoms with Crippen molar-refractivity contribution in [3.8, 4) is 0 Å². The Labute approximate surface area is 119 Å². The van der Waals surface area contributed by atoms with Crippen LogP contribution in [-0.2, 0) is 14.6 Å². The van der Waals surface area contributed by atoms with E-state index in [9.17, 15) is 8.42 Å². The molecule has 0 radical (unpaired) electrons. The number of ether oxygens (including phenoxy) is 1. The number of hydrogen-bond donors (Lipinski definition) is 1. The lowest BCUT2D eigenvalue weighted by atomic mass is 9.84. The first kappa shape index (κ1) is 18.9. The van der Waals surface area contributed by atoms with Crippen LogP contribution >= 0.6 is 0 Å². The average Bonchev–Trinajstić information content (AvgIpc) is 2.31. The van der Waals surface area contributed by atoms with E-state index < -0.39 is 14.6 Å². The first-order valence-electron chi connectivity index (χ1n) is 7.00. The van der Waals surface area contributed by atoms with E-state index in [0.717, 1.165) is 19.5 Å². The Morgan fingerprint density at radius 1 is 1.16 bits per heavy atom. The second-order valence-electron chi connectivity index (χ2n) is 6.52. The molecular weight excluding hydrogens is 262 g/mol. The summed E-state index contributed by atoms with van der Waals surface area (Å²) in [6.07, 6.45) is 1.66. The molecule has 0 saturated carbocycles. The first-order chi connectivity index (χ1) is 8.58. The lowest BCUT2D eigenvalue weighted by Gasteiger charge is -2.30. The average molecular weight is 293 g/mol. The third-order valence-corrected chi connectivity index (χ3v) is 6.40. The van der Waals surface area contributed by atoms with E-state index >= 15 is 0 Å². The van der Waals surface area contributed by atoms with Gasteiger partial charge >= 0.3 is 0 Å². The molecule has 0 saturated heterocycles. The lowest BCUT2D eigenvalue weighted by Crippen LogP contribution is -2.37. The number of nitrogens with one attached hydrogen (secondary N) is 1. The normalized spacial score (nSPS) is 16.3. The number of sulfone groups is 1. The van der Waals surface area contributed by atoms with Crippen LogP contribution < -0.4 is 5.32 Å². The Balaban J connectivity index is 4.40. The fourth-order valence-corrected chi connectivity index (χ4v) is 3.02. The number of hydrogen-bond acceptors (Lipinski definition) is 4. The predicted molar refractivity (Wildman–Crippen MR) is 81.3 cm³/mol. The third-order valence-electron chi connectivity index (χ3n) is 3.80. The predicted octanol–water partition coefficient (Wildman–Crippen LogP) is 2.24.